The van der Waals surface area contributed by atoms with Gasteiger partial charge in [0, 0.05) is 29.2 Å². The Morgan fingerprint density at radius 2 is 1.63 bits per heavy atom. The van der Waals surface area contributed by atoms with Crippen LogP contribution in [0.1, 0.15) is 38.7 Å². The van der Waals surface area contributed by atoms with Gasteiger partial charge in [0.1, 0.15) is 12.6 Å². The number of sulfonamides is 1. The first kappa shape index (κ1) is 34.0. The Bertz CT molecular complexity index is 1500. The molecule has 3 aromatic rings. The van der Waals surface area contributed by atoms with Crippen molar-refractivity contribution in [2.45, 2.75) is 50.6 Å². The molecule has 0 aliphatic rings. The molecular weight excluding hydrogens is 613 g/mol. The average Bonchev–Trinajstić information content (AvgIpc) is 3.00. The van der Waals surface area contributed by atoms with Crippen LogP contribution in [0, 0.1) is 0 Å². The summed E-state index contributed by atoms with van der Waals surface area (Å²) in [4.78, 5) is 28.9. The molecule has 0 aliphatic heterocycles. The van der Waals surface area contributed by atoms with Crippen molar-refractivity contribution in [3.05, 3.63) is 82.3 Å². The first-order chi connectivity index (χ1) is 20.6. The number of nitrogens with one attached hydrogen (secondary N) is 1. The maximum atomic E-state index is 14.2. The van der Waals surface area contributed by atoms with Gasteiger partial charge in [-0.15, -0.1) is 0 Å². The van der Waals surface area contributed by atoms with Crippen molar-refractivity contribution in [3.63, 3.8) is 0 Å². The lowest BCUT2D eigenvalue weighted by Crippen LogP contribution is -2.52. The molecule has 1 N–H and O–H groups in total. The van der Waals surface area contributed by atoms with E-state index in [0.717, 1.165) is 17.1 Å². The van der Waals surface area contributed by atoms with Gasteiger partial charge in [-0.1, -0.05) is 67.7 Å². The SMILES string of the molecule is CCCCNC(=O)C(CC)N(Cc1ccc(Cl)cc1Cl)C(=O)CN(c1ccc(OC)c(OC)c1)S(=O)(=O)c1ccccc1. The maximum Gasteiger partial charge on any atom is 0.264 e. The minimum absolute atomic E-state index is 0.00534. The minimum Gasteiger partial charge on any atom is -0.493 e. The van der Waals surface area contributed by atoms with E-state index in [1.807, 2.05) is 6.92 Å². The molecule has 0 radical (unpaired) electrons. The number of carbonyl (C=O) groups is 2. The molecular formula is C31H37Cl2N3O6S. The summed E-state index contributed by atoms with van der Waals surface area (Å²) in [6.07, 6.45) is 1.95. The van der Waals surface area contributed by atoms with Crippen LogP contribution in [0.25, 0.3) is 0 Å². The molecule has 2 amide bonds. The highest BCUT2D eigenvalue weighted by molar-refractivity contribution is 7.92. The maximum absolute atomic E-state index is 14.2. The van der Waals surface area contributed by atoms with Crippen molar-refractivity contribution >= 4 is 50.7 Å². The predicted octanol–water partition coefficient (Wildman–Crippen LogP) is 5.93. The molecule has 0 saturated carbocycles. The summed E-state index contributed by atoms with van der Waals surface area (Å²) in [7, 11) is -1.34. The molecule has 12 heteroatoms. The lowest BCUT2D eigenvalue weighted by atomic mass is 10.1. The van der Waals surface area contributed by atoms with Gasteiger partial charge in [-0.25, -0.2) is 8.42 Å². The zero-order chi connectivity index (χ0) is 31.6. The van der Waals surface area contributed by atoms with Crippen LogP contribution in [-0.2, 0) is 26.2 Å². The van der Waals surface area contributed by atoms with Crippen LogP contribution in [0.15, 0.2) is 71.6 Å². The number of rotatable bonds is 15. The number of ether oxygens (including phenoxy) is 2. The number of nitrogens with zero attached hydrogens (tertiary/aromatic N) is 2. The van der Waals surface area contributed by atoms with E-state index in [0.29, 0.717) is 27.9 Å². The van der Waals surface area contributed by atoms with Gasteiger partial charge in [-0.2, -0.15) is 0 Å². The van der Waals surface area contributed by atoms with E-state index in [9.17, 15) is 18.0 Å². The number of anilines is 1. The van der Waals surface area contributed by atoms with Crippen molar-refractivity contribution in [3.8, 4) is 11.5 Å². The third-order valence-corrected chi connectivity index (χ3v) is 9.21. The monoisotopic (exact) mass is 649 g/mol. The molecule has 0 aromatic heterocycles. The van der Waals surface area contributed by atoms with Gasteiger partial charge in [-0.05, 0) is 54.8 Å². The van der Waals surface area contributed by atoms with Gasteiger partial charge in [0.15, 0.2) is 11.5 Å². The summed E-state index contributed by atoms with van der Waals surface area (Å²) in [6, 6.07) is 16.4. The second-order valence-electron chi connectivity index (χ2n) is 9.69. The predicted molar refractivity (Wildman–Crippen MR) is 170 cm³/mol. The van der Waals surface area contributed by atoms with Crippen LogP contribution < -0.4 is 19.1 Å². The standard InChI is InChI=1S/C31H37Cl2N3O6S/c1-5-7-17-34-31(38)27(6-2)35(20-22-13-14-23(32)18-26(22)33)30(37)21-36(43(39,40)25-11-9-8-10-12-25)24-15-16-28(41-3)29(19-24)42-4/h8-16,18-19,27H,5-7,17,20-21H2,1-4H3,(H,34,38). The number of amides is 2. The number of halogens is 2. The third-order valence-electron chi connectivity index (χ3n) is 6.84. The second-order valence-corrected chi connectivity index (χ2v) is 12.4. The normalized spacial score (nSPS) is 11.9. The van der Waals surface area contributed by atoms with Crippen LogP contribution in [0.3, 0.4) is 0 Å². The van der Waals surface area contributed by atoms with Gasteiger partial charge >= 0.3 is 0 Å². The largest absolute Gasteiger partial charge is 0.493 e. The Morgan fingerprint density at radius 3 is 2.23 bits per heavy atom. The van der Waals surface area contributed by atoms with Gasteiger partial charge < -0.3 is 19.7 Å². The van der Waals surface area contributed by atoms with Crippen molar-refractivity contribution in [1.82, 2.24) is 10.2 Å². The van der Waals surface area contributed by atoms with Crippen LogP contribution in [0.4, 0.5) is 5.69 Å². The smallest absolute Gasteiger partial charge is 0.264 e. The van der Waals surface area contributed by atoms with Crippen molar-refractivity contribution in [2.24, 2.45) is 0 Å². The quantitative estimate of drug-likeness (QED) is 0.205. The molecule has 0 saturated heterocycles. The molecule has 1 atom stereocenters. The molecule has 3 aromatic carbocycles. The van der Waals surface area contributed by atoms with Crippen LogP contribution in [-0.4, -0.2) is 58.5 Å². The number of carbonyl (C=O) groups excluding carboxylic acids is 2. The fourth-order valence-corrected chi connectivity index (χ4v) is 6.38. The zero-order valence-electron chi connectivity index (χ0n) is 24.7. The van der Waals surface area contributed by atoms with Gasteiger partial charge in [0.25, 0.3) is 10.0 Å². The van der Waals surface area contributed by atoms with Crippen LogP contribution in [0.5, 0.6) is 11.5 Å². The summed E-state index contributed by atoms with van der Waals surface area (Å²) in [6.45, 7) is 3.62. The van der Waals surface area contributed by atoms with E-state index in [2.05, 4.69) is 5.32 Å². The van der Waals surface area contributed by atoms with Crippen molar-refractivity contribution in [1.29, 1.82) is 0 Å². The highest BCUT2D eigenvalue weighted by Gasteiger charge is 2.34. The van der Waals surface area contributed by atoms with E-state index in [4.69, 9.17) is 32.7 Å². The highest BCUT2D eigenvalue weighted by atomic mass is 35.5. The van der Waals surface area contributed by atoms with E-state index < -0.39 is 28.5 Å². The Balaban J connectivity index is 2.10. The lowest BCUT2D eigenvalue weighted by molar-refractivity contribution is -0.140. The summed E-state index contributed by atoms with van der Waals surface area (Å²) in [5, 5.41) is 3.64. The summed E-state index contributed by atoms with van der Waals surface area (Å²) in [5.41, 5.74) is 0.739. The van der Waals surface area contributed by atoms with Gasteiger partial charge in [-0.3, -0.25) is 13.9 Å². The van der Waals surface area contributed by atoms with E-state index in [1.54, 1.807) is 49.4 Å². The molecule has 0 spiro atoms. The summed E-state index contributed by atoms with van der Waals surface area (Å²) < 4.78 is 39.8. The minimum atomic E-state index is -4.24. The fraction of sp³-hybridized carbons (Fsp3) is 0.355. The molecule has 43 heavy (non-hydrogen) atoms. The number of methoxy groups -OCH3 is 2. The number of hydrogen-bond donors (Lipinski definition) is 1. The molecule has 232 valence electrons. The van der Waals surface area contributed by atoms with Crippen LogP contribution in [0.2, 0.25) is 10.0 Å². The van der Waals surface area contributed by atoms with E-state index in [-0.39, 0.29) is 35.2 Å². The van der Waals surface area contributed by atoms with Crippen molar-refractivity contribution in [2.75, 3.05) is 31.6 Å². The molecule has 0 bridgehead atoms. The summed E-state index contributed by atoms with van der Waals surface area (Å²) >= 11 is 12.6. The molecule has 1 unspecified atom stereocenters. The Morgan fingerprint density at radius 1 is 0.930 bits per heavy atom. The molecule has 9 nitrogen and oxygen atoms in total. The topological polar surface area (TPSA) is 105 Å². The lowest BCUT2D eigenvalue weighted by Gasteiger charge is -2.33. The highest BCUT2D eigenvalue weighted by Crippen LogP contribution is 2.34. The Hall–Kier alpha value is -3.47. The zero-order valence-corrected chi connectivity index (χ0v) is 27.0. The molecule has 0 aliphatic carbocycles. The second kappa shape index (κ2) is 15.8. The van der Waals surface area contributed by atoms with Crippen LogP contribution >= 0.6 is 23.2 Å². The molecule has 3 rings (SSSR count). The van der Waals surface area contributed by atoms with Gasteiger partial charge in [0.05, 0.1) is 24.8 Å². The summed E-state index contributed by atoms with van der Waals surface area (Å²) in [5.74, 6) is -0.258. The van der Waals surface area contributed by atoms with E-state index in [1.165, 1.54) is 43.4 Å². The van der Waals surface area contributed by atoms with Gasteiger partial charge in [0.2, 0.25) is 11.8 Å². The number of hydrogen-bond acceptors (Lipinski definition) is 6. The fourth-order valence-electron chi connectivity index (χ4n) is 4.49. The average molecular weight is 651 g/mol. The Labute approximate surface area is 263 Å². The first-order valence-electron chi connectivity index (χ1n) is 13.9. The third kappa shape index (κ3) is 8.55. The number of unbranched alkanes of at least 4 members (excludes halogenated alkanes) is 1. The molecule has 0 heterocycles. The van der Waals surface area contributed by atoms with Crippen molar-refractivity contribution < 1.29 is 27.5 Å². The number of benzene rings is 3. The molecule has 0 fully saturated rings. The Kier molecular flexibility index (Phi) is 12.5. The van der Waals surface area contributed by atoms with E-state index >= 15 is 0 Å². The first-order valence-corrected chi connectivity index (χ1v) is 16.1.